The van der Waals surface area contributed by atoms with Crippen LogP contribution in [0.1, 0.15) is 5.69 Å². The standard InChI is InChI=1S/C15H9BrN4O3S/c16-14-11(17-13-3-1-2-6-19(13)14)8-24-15-18-10-7-9(20(21)22)4-5-12(10)23-15/h1-7H,8H2. The third kappa shape index (κ3) is 2.65. The zero-order chi connectivity index (χ0) is 16.7. The van der Waals surface area contributed by atoms with Crippen LogP contribution in [0, 0.1) is 10.1 Å². The molecule has 0 amide bonds. The van der Waals surface area contributed by atoms with Crippen LogP contribution in [0.25, 0.3) is 16.7 Å². The minimum absolute atomic E-state index is 0.00422. The summed E-state index contributed by atoms with van der Waals surface area (Å²) in [5.41, 5.74) is 2.72. The lowest BCUT2D eigenvalue weighted by atomic mass is 10.3. The van der Waals surface area contributed by atoms with E-state index in [-0.39, 0.29) is 5.69 Å². The van der Waals surface area contributed by atoms with Gasteiger partial charge in [0, 0.05) is 24.1 Å². The van der Waals surface area contributed by atoms with E-state index in [0.29, 0.717) is 22.1 Å². The molecule has 120 valence electrons. The lowest BCUT2D eigenvalue weighted by Gasteiger charge is -1.95. The Morgan fingerprint density at radius 3 is 2.96 bits per heavy atom. The number of non-ortho nitro benzene ring substituents is 1. The molecular weight excluding hydrogens is 396 g/mol. The van der Waals surface area contributed by atoms with Gasteiger partial charge in [0.2, 0.25) is 0 Å². The Kier molecular flexibility index (Phi) is 3.73. The van der Waals surface area contributed by atoms with E-state index in [1.807, 2.05) is 28.8 Å². The minimum Gasteiger partial charge on any atom is -0.431 e. The number of halogens is 1. The number of fused-ring (bicyclic) bond motifs is 2. The molecule has 3 aromatic heterocycles. The Balaban J connectivity index is 1.59. The second-order valence-electron chi connectivity index (χ2n) is 4.96. The fourth-order valence-electron chi connectivity index (χ4n) is 2.31. The van der Waals surface area contributed by atoms with Crippen LogP contribution >= 0.6 is 27.7 Å². The average Bonchev–Trinajstić information content (AvgIpc) is 3.13. The maximum absolute atomic E-state index is 10.8. The molecule has 24 heavy (non-hydrogen) atoms. The maximum Gasteiger partial charge on any atom is 0.271 e. The van der Waals surface area contributed by atoms with Gasteiger partial charge in [-0.05, 0) is 34.1 Å². The maximum atomic E-state index is 10.8. The number of pyridine rings is 1. The van der Waals surface area contributed by atoms with Gasteiger partial charge in [-0.1, -0.05) is 17.8 Å². The molecule has 1 aromatic carbocycles. The van der Waals surface area contributed by atoms with Crippen molar-refractivity contribution in [2.45, 2.75) is 11.0 Å². The van der Waals surface area contributed by atoms with Crippen molar-refractivity contribution >= 4 is 50.1 Å². The van der Waals surface area contributed by atoms with E-state index in [9.17, 15) is 10.1 Å². The van der Waals surface area contributed by atoms with Crippen molar-refractivity contribution < 1.29 is 9.34 Å². The van der Waals surface area contributed by atoms with Gasteiger partial charge in [-0.3, -0.25) is 14.5 Å². The molecule has 0 spiro atoms. The smallest absolute Gasteiger partial charge is 0.271 e. The van der Waals surface area contributed by atoms with Gasteiger partial charge >= 0.3 is 0 Å². The van der Waals surface area contributed by atoms with Crippen LogP contribution in [0.2, 0.25) is 0 Å². The first kappa shape index (κ1) is 15.2. The number of nitro groups is 1. The van der Waals surface area contributed by atoms with E-state index in [1.165, 1.54) is 23.9 Å². The second-order valence-corrected chi connectivity index (χ2v) is 6.63. The van der Waals surface area contributed by atoms with Crippen LogP contribution in [0.15, 0.2) is 56.8 Å². The van der Waals surface area contributed by atoms with Crippen molar-refractivity contribution in [3.05, 3.63) is 63.0 Å². The first-order valence-electron chi connectivity index (χ1n) is 6.91. The lowest BCUT2D eigenvalue weighted by Crippen LogP contribution is -1.86. The molecule has 0 saturated heterocycles. The van der Waals surface area contributed by atoms with E-state index in [4.69, 9.17) is 4.42 Å². The Bertz CT molecular complexity index is 1080. The molecule has 0 atom stereocenters. The van der Waals surface area contributed by atoms with Crippen LogP contribution in [-0.4, -0.2) is 19.3 Å². The van der Waals surface area contributed by atoms with Gasteiger partial charge < -0.3 is 4.42 Å². The number of hydrogen-bond donors (Lipinski definition) is 0. The van der Waals surface area contributed by atoms with Gasteiger partial charge in [-0.15, -0.1) is 0 Å². The molecule has 0 saturated carbocycles. The van der Waals surface area contributed by atoms with Crippen molar-refractivity contribution in [1.82, 2.24) is 14.4 Å². The highest BCUT2D eigenvalue weighted by molar-refractivity contribution is 9.10. The molecule has 0 aliphatic heterocycles. The molecule has 4 aromatic rings. The summed E-state index contributed by atoms with van der Waals surface area (Å²) in [6.07, 6.45) is 1.93. The number of oxazole rings is 1. The Labute approximate surface area is 148 Å². The van der Waals surface area contributed by atoms with Crippen LogP contribution in [0.5, 0.6) is 0 Å². The van der Waals surface area contributed by atoms with E-state index >= 15 is 0 Å². The highest BCUT2D eigenvalue weighted by atomic mass is 79.9. The molecule has 0 aliphatic carbocycles. The summed E-state index contributed by atoms with van der Waals surface area (Å²) < 4.78 is 8.45. The van der Waals surface area contributed by atoms with Crippen LogP contribution in [0.3, 0.4) is 0 Å². The highest BCUT2D eigenvalue weighted by Crippen LogP contribution is 2.30. The molecule has 9 heteroatoms. The van der Waals surface area contributed by atoms with E-state index in [0.717, 1.165) is 15.9 Å². The monoisotopic (exact) mass is 404 g/mol. The summed E-state index contributed by atoms with van der Waals surface area (Å²) in [5.74, 6) is 0.567. The highest BCUT2D eigenvalue weighted by Gasteiger charge is 2.14. The van der Waals surface area contributed by atoms with Crippen LogP contribution in [0.4, 0.5) is 5.69 Å². The van der Waals surface area contributed by atoms with Crippen molar-refractivity contribution in [1.29, 1.82) is 0 Å². The predicted molar refractivity (Wildman–Crippen MR) is 93.1 cm³/mol. The second kappa shape index (κ2) is 5.91. The summed E-state index contributed by atoms with van der Waals surface area (Å²) in [4.78, 5) is 19.2. The quantitative estimate of drug-likeness (QED) is 0.284. The number of nitro benzene ring substituents is 1. The molecule has 0 bridgehead atoms. The van der Waals surface area contributed by atoms with Crippen LogP contribution < -0.4 is 0 Å². The first-order valence-corrected chi connectivity index (χ1v) is 8.69. The summed E-state index contributed by atoms with van der Waals surface area (Å²) in [6.45, 7) is 0. The summed E-state index contributed by atoms with van der Waals surface area (Å²) in [6, 6.07) is 10.2. The van der Waals surface area contributed by atoms with Crippen molar-refractivity contribution in [2.75, 3.05) is 0 Å². The molecule has 4 rings (SSSR count). The Morgan fingerprint density at radius 2 is 2.17 bits per heavy atom. The molecule has 0 N–H and O–H groups in total. The summed E-state index contributed by atoms with van der Waals surface area (Å²) in [7, 11) is 0. The number of nitrogens with zero attached hydrogens (tertiary/aromatic N) is 4. The van der Waals surface area contributed by atoms with Gasteiger partial charge in [0.15, 0.2) is 5.58 Å². The van der Waals surface area contributed by atoms with Crippen molar-refractivity contribution in [3.63, 3.8) is 0 Å². The molecular formula is C15H9BrN4O3S. The largest absolute Gasteiger partial charge is 0.431 e. The molecule has 0 radical (unpaired) electrons. The molecule has 0 aliphatic rings. The van der Waals surface area contributed by atoms with E-state index < -0.39 is 4.92 Å². The van der Waals surface area contributed by atoms with Gasteiger partial charge in [0.05, 0.1) is 10.6 Å². The number of hydrogen-bond acceptors (Lipinski definition) is 6. The third-order valence-electron chi connectivity index (χ3n) is 3.43. The average molecular weight is 405 g/mol. The zero-order valence-electron chi connectivity index (χ0n) is 12.0. The van der Waals surface area contributed by atoms with Gasteiger partial charge in [-0.25, -0.2) is 9.97 Å². The SMILES string of the molecule is O=[N+]([O-])c1ccc2oc(SCc3nc4ccccn4c3Br)nc2c1. The molecule has 3 heterocycles. The minimum atomic E-state index is -0.450. The normalized spacial score (nSPS) is 11.4. The lowest BCUT2D eigenvalue weighted by molar-refractivity contribution is -0.384. The van der Waals surface area contributed by atoms with E-state index in [2.05, 4.69) is 25.9 Å². The topological polar surface area (TPSA) is 86.5 Å². The summed E-state index contributed by atoms with van der Waals surface area (Å²) >= 11 is 4.94. The zero-order valence-corrected chi connectivity index (χ0v) is 14.5. The van der Waals surface area contributed by atoms with Crippen molar-refractivity contribution in [3.8, 4) is 0 Å². The molecule has 0 unspecified atom stereocenters. The fourth-order valence-corrected chi connectivity index (χ4v) is 3.79. The first-order chi connectivity index (χ1) is 11.6. The third-order valence-corrected chi connectivity index (χ3v) is 5.11. The number of aromatic nitrogens is 3. The predicted octanol–water partition coefficient (Wildman–Crippen LogP) is 4.44. The summed E-state index contributed by atoms with van der Waals surface area (Å²) in [5, 5.41) is 11.3. The van der Waals surface area contributed by atoms with Gasteiger partial charge in [0.25, 0.3) is 10.9 Å². The van der Waals surface area contributed by atoms with Gasteiger partial charge in [-0.2, -0.15) is 0 Å². The number of benzene rings is 1. The molecule has 0 fully saturated rings. The van der Waals surface area contributed by atoms with E-state index in [1.54, 1.807) is 6.07 Å². The number of rotatable bonds is 4. The van der Waals surface area contributed by atoms with Crippen LogP contribution in [-0.2, 0) is 5.75 Å². The Morgan fingerprint density at radius 1 is 1.29 bits per heavy atom. The number of thioether (sulfide) groups is 1. The molecule has 7 nitrogen and oxygen atoms in total. The fraction of sp³-hybridized carbons (Fsp3) is 0.0667. The van der Waals surface area contributed by atoms with Crippen molar-refractivity contribution in [2.24, 2.45) is 0 Å². The van der Waals surface area contributed by atoms with Gasteiger partial charge in [0.1, 0.15) is 15.8 Å². The Hall–Kier alpha value is -2.39. The number of imidazole rings is 1.